The lowest BCUT2D eigenvalue weighted by molar-refractivity contribution is -0.296. The summed E-state index contributed by atoms with van der Waals surface area (Å²) >= 11 is 2.20. The Morgan fingerprint density at radius 3 is 2.15 bits per heavy atom. The van der Waals surface area contributed by atoms with Crippen molar-refractivity contribution < 1.29 is 38.4 Å². The van der Waals surface area contributed by atoms with Crippen molar-refractivity contribution in [2.24, 2.45) is 10.8 Å². The van der Waals surface area contributed by atoms with Crippen molar-refractivity contribution in [3.63, 3.8) is 0 Å². The Hall–Kier alpha value is -2.57. The number of carbonyl (C=O) groups is 1. The summed E-state index contributed by atoms with van der Waals surface area (Å²) in [4.78, 5) is 27.0. The minimum Gasteiger partial charge on any atom is -0.493 e. The van der Waals surface area contributed by atoms with Crippen molar-refractivity contribution in [1.82, 2.24) is 0 Å². The van der Waals surface area contributed by atoms with Crippen molar-refractivity contribution >= 4 is 28.4 Å². The third-order valence-electron chi connectivity index (χ3n) is 9.54. The van der Waals surface area contributed by atoms with Gasteiger partial charge in [0.05, 0.1) is 37.9 Å². The van der Waals surface area contributed by atoms with Crippen LogP contribution in [0.3, 0.4) is 0 Å². The number of aliphatic hydroxyl groups is 2. The van der Waals surface area contributed by atoms with Gasteiger partial charge < -0.3 is 33.6 Å². The number of alkyl halides is 1. The summed E-state index contributed by atoms with van der Waals surface area (Å²) < 4.78 is 29.0. The maximum absolute atomic E-state index is 13.6. The molecule has 5 atom stereocenters. The molecule has 0 saturated heterocycles. The smallest absolute Gasteiger partial charge is 0.343 e. The molecule has 0 bridgehead atoms. The van der Waals surface area contributed by atoms with Gasteiger partial charge in [0.15, 0.2) is 17.3 Å². The van der Waals surface area contributed by atoms with E-state index >= 15 is 0 Å². The van der Waals surface area contributed by atoms with Crippen LogP contribution in [-0.4, -0.2) is 58.6 Å². The number of ketones is 1. The van der Waals surface area contributed by atoms with Crippen LogP contribution in [0, 0.1) is 10.8 Å². The third kappa shape index (κ3) is 3.43. The Morgan fingerprint density at radius 1 is 0.949 bits per heavy atom. The van der Waals surface area contributed by atoms with Gasteiger partial charge in [-0.05, 0) is 44.9 Å². The Balaban J connectivity index is 1.66. The van der Waals surface area contributed by atoms with E-state index in [1.54, 1.807) is 38.1 Å². The van der Waals surface area contributed by atoms with E-state index in [9.17, 15) is 19.8 Å². The first-order valence-corrected chi connectivity index (χ1v) is 14.2. The van der Waals surface area contributed by atoms with Gasteiger partial charge in [0.1, 0.15) is 22.7 Å². The highest BCUT2D eigenvalue weighted by atomic mass is 127. The first-order chi connectivity index (χ1) is 18.3. The predicted octanol–water partition coefficient (Wildman–Crippen LogP) is 3.87. The molecule has 1 fully saturated rings. The average molecular weight is 652 g/mol. The SMILES string of the molecule is COc1cc(-c2cc3c(c(=O)o2)C[C@]2(O)[C@@]4(C)C(=O)C=C[C@](C)(CI)[C@]4(O)CC[C@@]2(C)O3)cc(OC)c1OC. The van der Waals surface area contributed by atoms with Gasteiger partial charge >= 0.3 is 5.63 Å². The summed E-state index contributed by atoms with van der Waals surface area (Å²) in [5.74, 6) is 1.23. The molecule has 1 saturated carbocycles. The van der Waals surface area contributed by atoms with E-state index in [-0.39, 0.29) is 36.3 Å². The van der Waals surface area contributed by atoms with Crippen LogP contribution in [-0.2, 0) is 11.2 Å². The maximum atomic E-state index is 13.6. The zero-order chi connectivity index (χ0) is 28.6. The largest absolute Gasteiger partial charge is 0.493 e. The number of ether oxygens (including phenoxy) is 4. The van der Waals surface area contributed by atoms with E-state index in [2.05, 4.69) is 22.6 Å². The molecule has 2 N–H and O–H groups in total. The summed E-state index contributed by atoms with van der Waals surface area (Å²) in [6.07, 6.45) is 3.47. The molecular formula is C29H33IO9. The van der Waals surface area contributed by atoms with E-state index in [4.69, 9.17) is 23.4 Å². The van der Waals surface area contributed by atoms with Gasteiger partial charge in [0.2, 0.25) is 5.75 Å². The molecule has 1 aromatic heterocycles. The van der Waals surface area contributed by atoms with Gasteiger partial charge in [-0.1, -0.05) is 35.6 Å². The number of allylic oxidation sites excluding steroid dienone is 1. The van der Waals surface area contributed by atoms with Crippen molar-refractivity contribution in [3.8, 4) is 34.3 Å². The number of benzene rings is 1. The van der Waals surface area contributed by atoms with Gasteiger partial charge in [-0.2, -0.15) is 0 Å². The number of rotatable bonds is 5. The minimum atomic E-state index is -1.89. The molecule has 10 heteroatoms. The van der Waals surface area contributed by atoms with Crippen LogP contribution in [0.25, 0.3) is 11.3 Å². The van der Waals surface area contributed by atoms with E-state index in [1.165, 1.54) is 27.4 Å². The van der Waals surface area contributed by atoms with E-state index in [0.717, 1.165) is 0 Å². The fraction of sp³-hybridized carbons (Fsp3) is 0.517. The van der Waals surface area contributed by atoms with E-state index in [0.29, 0.717) is 27.2 Å². The molecule has 2 heterocycles. The molecule has 0 spiro atoms. The summed E-state index contributed by atoms with van der Waals surface area (Å²) in [7, 11) is 4.48. The molecule has 5 rings (SSSR count). The number of hydrogen-bond donors (Lipinski definition) is 2. The van der Waals surface area contributed by atoms with Crippen LogP contribution in [0.2, 0.25) is 0 Å². The Morgan fingerprint density at radius 2 is 1.59 bits per heavy atom. The second kappa shape index (κ2) is 8.97. The fourth-order valence-electron chi connectivity index (χ4n) is 6.84. The molecule has 0 amide bonds. The normalized spacial score (nSPS) is 34.8. The number of fused-ring (bicyclic) bond motifs is 4. The lowest BCUT2D eigenvalue weighted by Gasteiger charge is -2.68. The molecule has 2 aliphatic carbocycles. The summed E-state index contributed by atoms with van der Waals surface area (Å²) in [6, 6.07) is 4.92. The van der Waals surface area contributed by atoms with Crippen LogP contribution >= 0.6 is 22.6 Å². The van der Waals surface area contributed by atoms with Gasteiger partial charge in [0.25, 0.3) is 0 Å². The molecule has 1 aromatic carbocycles. The zero-order valence-corrected chi connectivity index (χ0v) is 25.0. The van der Waals surface area contributed by atoms with Gasteiger partial charge in [-0.25, -0.2) is 4.79 Å². The quantitative estimate of drug-likeness (QED) is 0.366. The molecule has 210 valence electrons. The highest BCUT2D eigenvalue weighted by molar-refractivity contribution is 14.1. The molecule has 1 aliphatic heterocycles. The van der Waals surface area contributed by atoms with Crippen molar-refractivity contribution in [3.05, 3.63) is 46.3 Å². The lowest BCUT2D eigenvalue weighted by atomic mass is 9.41. The molecule has 0 unspecified atom stereocenters. The zero-order valence-electron chi connectivity index (χ0n) is 22.8. The third-order valence-corrected chi connectivity index (χ3v) is 11.1. The van der Waals surface area contributed by atoms with Crippen LogP contribution in [0.1, 0.15) is 39.2 Å². The van der Waals surface area contributed by atoms with E-state index < -0.39 is 39.0 Å². The first-order valence-electron chi connectivity index (χ1n) is 12.7. The first kappa shape index (κ1) is 28.0. The molecule has 0 radical (unpaired) electrons. The molecule has 39 heavy (non-hydrogen) atoms. The highest BCUT2D eigenvalue weighted by Gasteiger charge is 2.78. The van der Waals surface area contributed by atoms with Crippen LogP contribution in [0.4, 0.5) is 0 Å². The average Bonchev–Trinajstić information content (AvgIpc) is 2.92. The van der Waals surface area contributed by atoms with Gasteiger partial charge in [-0.3, -0.25) is 4.79 Å². The van der Waals surface area contributed by atoms with Gasteiger partial charge in [0, 0.05) is 27.9 Å². The van der Waals surface area contributed by atoms with Crippen molar-refractivity contribution in [2.45, 2.75) is 56.8 Å². The summed E-state index contributed by atoms with van der Waals surface area (Å²) in [5.41, 5.74) is -7.23. The van der Waals surface area contributed by atoms with Crippen molar-refractivity contribution in [1.29, 1.82) is 0 Å². The number of hydrogen-bond acceptors (Lipinski definition) is 9. The standard InChI is InChI=1S/C29H33IO9/c1-25(15-30)8-7-22(31)27(3)28(25,33)10-9-26(2)29(27,34)14-17-19(39-26)13-18(38-24(17)32)16-11-20(35-4)23(37-6)21(12-16)36-5/h7-8,11-13,33-34H,9-10,14-15H2,1-6H3/t25-,26-,27+,28-,29-/m1/s1. The monoisotopic (exact) mass is 652 g/mol. The van der Waals surface area contributed by atoms with Crippen LogP contribution < -0.4 is 24.6 Å². The van der Waals surface area contributed by atoms with Crippen LogP contribution in [0.15, 0.2) is 39.6 Å². The number of halogens is 1. The molecule has 3 aliphatic rings. The number of methoxy groups -OCH3 is 3. The highest BCUT2D eigenvalue weighted by Crippen LogP contribution is 2.66. The second-order valence-corrected chi connectivity index (χ2v) is 12.0. The van der Waals surface area contributed by atoms with E-state index in [1.807, 2.05) is 6.92 Å². The van der Waals surface area contributed by atoms with Crippen molar-refractivity contribution in [2.75, 3.05) is 25.8 Å². The molecule has 9 nitrogen and oxygen atoms in total. The Labute approximate surface area is 240 Å². The summed E-state index contributed by atoms with van der Waals surface area (Å²) in [5, 5.41) is 24.6. The van der Waals surface area contributed by atoms with Gasteiger partial charge in [-0.15, -0.1) is 0 Å². The Bertz CT molecular complexity index is 1420. The second-order valence-electron chi connectivity index (χ2n) is 11.3. The lowest BCUT2D eigenvalue weighted by Crippen LogP contribution is -2.82. The predicted molar refractivity (Wildman–Crippen MR) is 151 cm³/mol. The maximum Gasteiger partial charge on any atom is 0.343 e. The number of carbonyl (C=O) groups excluding carboxylic acids is 1. The molecule has 2 aromatic rings. The Kier molecular flexibility index (Phi) is 6.43. The summed E-state index contributed by atoms with van der Waals surface area (Å²) in [6.45, 7) is 5.23. The molecular weight excluding hydrogens is 619 g/mol. The fourth-order valence-corrected chi connectivity index (χ4v) is 7.73. The van der Waals surface area contributed by atoms with Crippen LogP contribution in [0.5, 0.6) is 23.0 Å². The minimum absolute atomic E-state index is 0.107. The topological polar surface area (TPSA) is 125 Å².